The number of hydrogen-bond acceptors (Lipinski definition) is 3. The van der Waals surface area contributed by atoms with Crippen LogP contribution < -0.4 is 5.32 Å². The molecular weight excluding hydrogens is 340 g/mol. The highest BCUT2D eigenvalue weighted by atomic mass is 16.5. The summed E-state index contributed by atoms with van der Waals surface area (Å²) in [5.74, 6) is 0. The van der Waals surface area contributed by atoms with Gasteiger partial charge in [0.1, 0.15) is 0 Å². The van der Waals surface area contributed by atoms with Gasteiger partial charge < -0.3 is 15.0 Å². The molecule has 2 heterocycles. The van der Waals surface area contributed by atoms with Crippen LogP contribution in [-0.4, -0.2) is 45.5 Å². The van der Waals surface area contributed by atoms with Crippen LogP contribution in [0.5, 0.6) is 0 Å². The van der Waals surface area contributed by atoms with Crippen molar-refractivity contribution >= 4 is 6.03 Å². The minimum absolute atomic E-state index is 0.0424. The van der Waals surface area contributed by atoms with Gasteiger partial charge in [0, 0.05) is 12.2 Å². The normalized spacial score (nSPS) is 21.1. The maximum Gasteiger partial charge on any atom is 0.317 e. The van der Waals surface area contributed by atoms with E-state index >= 15 is 0 Å². The minimum Gasteiger partial charge on any atom is -0.369 e. The zero-order valence-corrected chi connectivity index (χ0v) is 16.4. The fourth-order valence-electron chi connectivity index (χ4n) is 4.32. The molecule has 144 valence electrons. The predicted molar refractivity (Wildman–Crippen MR) is 104 cm³/mol. The molecule has 2 aliphatic rings. The third kappa shape index (κ3) is 3.72. The van der Waals surface area contributed by atoms with Crippen LogP contribution >= 0.6 is 0 Å². The minimum atomic E-state index is -0.314. The molecular formula is C21H28N4O2. The van der Waals surface area contributed by atoms with E-state index in [2.05, 4.69) is 17.4 Å². The molecule has 1 N–H and O–H groups in total. The highest BCUT2D eigenvalue weighted by molar-refractivity contribution is 5.74. The molecule has 1 aliphatic carbocycles. The van der Waals surface area contributed by atoms with Gasteiger partial charge in [-0.15, -0.1) is 0 Å². The highest BCUT2D eigenvalue weighted by Gasteiger charge is 2.34. The summed E-state index contributed by atoms with van der Waals surface area (Å²) >= 11 is 0. The lowest BCUT2D eigenvalue weighted by atomic mass is 10.1. The average molecular weight is 368 g/mol. The van der Waals surface area contributed by atoms with E-state index in [-0.39, 0.29) is 17.7 Å². The SMILES string of the molecule is C[C@H]1CN(C(=O)NCc2nn(-c3ccccc3)c3c2CCC3)CC(C)(C)O1. The Morgan fingerprint density at radius 3 is 2.81 bits per heavy atom. The molecule has 1 aromatic carbocycles. The van der Waals surface area contributed by atoms with Crippen LogP contribution in [0.15, 0.2) is 30.3 Å². The third-order valence-electron chi connectivity index (χ3n) is 5.28. The number of aromatic nitrogens is 2. The Hall–Kier alpha value is -2.34. The van der Waals surface area contributed by atoms with Gasteiger partial charge in [-0.1, -0.05) is 18.2 Å². The van der Waals surface area contributed by atoms with Gasteiger partial charge in [0.2, 0.25) is 0 Å². The number of nitrogens with zero attached hydrogens (tertiary/aromatic N) is 3. The number of fused-ring (bicyclic) bond motifs is 1. The number of ether oxygens (including phenoxy) is 1. The Kier molecular flexibility index (Phi) is 4.68. The third-order valence-corrected chi connectivity index (χ3v) is 5.28. The second-order valence-electron chi connectivity index (χ2n) is 8.20. The summed E-state index contributed by atoms with van der Waals surface area (Å²) in [7, 11) is 0. The van der Waals surface area contributed by atoms with Crippen LogP contribution in [0.4, 0.5) is 4.79 Å². The van der Waals surface area contributed by atoms with Crippen LogP contribution in [-0.2, 0) is 24.1 Å². The molecule has 27 heavy (non-hydrogen) atoms. The summed E-state index contributed by atoms with van der Waals surface area (Å²) in [5, 5.41) is 7.90. The van der Waals surface area contributed by atoms with Gasteiger partial charge in [0.15, 0.2) is 0 Å². The number of hydrogen-bond donors (Lipinski definition) is 1. The zero-order valence-electron chi connectivity index (χ0n) is 16.4. The first-order valence-electron chi connectivity index (χ1n) is 9.78. The van der Waals surface area contributed by atoms with Crippen LogP contribution in [0.1, 0.15) is 44.1 Å². The first-order valence-corrected chi connectivity index (χ1v) is 9.78. The van der Waals surface area contributed by atoms with Crippen molar-refractivity contribution in [3.8, 4) is 5.69 Å². The molecule has 1 aromatic heterocycles. The molecule has 1 aliphatic heterocycles. The van der Waals surface area contributed by atoms with Gasteiger partial charge in [0.05, 0.1) is 36.2 Å². The van der Waals surface area contributed by atoms with Crippen molar-refractivity contribution < 1.29 is 9.53 Å². The second kappa shape index (κ2) is 7.00. The summed E-state index contributed by atoms with van der Waals surface area (Å²) in [6.07, 6.45) is 3.27. The summed E-state index contributed by atoms with van der Waals surface area (Å²) in [5.41, 5.74) is 4.34. The summed E-state index contributed by atoms with van der Waals surface area (Å²) < 4.78 is 7.94. The van der Waals surface area contributed by atoms with Crippen molar-refractivity contribution in [3.63, 3.8) is 0 Å². The molecule has 0 bridgehead atoms. The van der Waals surface area contributed by atoms with E-state index < -0.39 is 0 Å². The largest absolute Gasteiger partial charge is 0.369 e. The summed E-state index contributed by atoms with van der Waals surface area (Å²) in [4.78, 5) is 14.6. The van der Waals surface area contributed by atoms with Crippen molar-refractivity contribution in [1.82, 2.24) is 20.0 Å². The molecule has 1 saturated heterocycles. The number of morpholine rings is 1. The summed E-state index contributed by atoms with van der Waals surface area (Å²) in [6.45, 7) is 7.74. The molecule has 1 fully saturated rings. The Labute approximate surface area is 160 Å². The second-order valence-corrected chi connectivity index (χ2v) is 8.20. The monoisotopic (exact) mass is 368 g/mol. The number of rotatable bonds is 3. The van der Waals surface area contributed by atoms with Crippen LogP contribution in [0.2, 0.25) is 0 Å². The van der Waals surface area contributed by atoms with Crippen molar-refractivity contribution in [2.75, 3.05) is 13.1 Å². The number of nitrogens with one attached hydrogen (secondary N) is 1. The van der Waals surface area contributed by atoms with Crippen LogP contribution in [0.25, 0.3) is 5.69 Å². The number of carbonyl (C=O) groups is 1. The zero-order chi connectivity index (χ0) is 19.0. The number of urea groups is 1. The predicted octanol–water partition coefficient (Wildman–Crippen LogP) is 3.07. The molecule has 0 radical (unpaired) electrons. The lowest BCUT2D eigenvalue weighted by Gasteiger charge is -2.41. The molecule has 0 spiro atoms. The van der Waals surface area contributed by atoms with Crippen molar-refractivity contribution in [2.45, 2.75) is 58.3 Å². The van der Waals surface area contributed by atoms with E-state index in [1.54, 1.807) is 0 Å². The lowest BCUT2D eigenvalue weighted by Crippen LogP contribution is -2.56. The Bertz CT molecular complexity index is 828. The summed E-state index contributed by atoms with van der Waals surface area (Å²) in [6, 6.07) is 10.2. The molecule has 2 amide bonds. The lowest BCUT2D eigenvalue weighted by molar-refractivity contribution is -0.117. The molecule has 0 unspecified atom stereocenters. The Morgan fingerprint density at radius 2 is 2.07 bits per heavy atom. The van der Waals surface area contributed by atoms with E-state index in [4.69, 9.17) is 9.84 Å². The fraction of sp³-hybridized carbons (Fsp3) is 0.524. The first kappa shape index (κ1) is 18.0. The molecule has 6 heteroatoms. The maximum absolute atomic E-state index is 12.7. The van der Waals surface area contributed by atoms with Gasteiger partial charge in [-0.25, -0.2) is 9.48 Å². The maximum atomic E-state index is 12.7. The van der Waals surface area contributed by atoms with Gasteiger partial charge in [-0.3, -0.25) is 0 Å². The van der Waals surface area contributed by atoms with Crippen LogP contribution in [0, 0.1) is 0 Å². The fourth-order valence-corrected chi connectivity index (χ4v) is 4.32. The van der Waals surface area contributed by atoms with Gasteiger partial charge in [-0.2, -0.15) is 5.10 Å². The molecule has 0 saturated carbocycles. The Morgan fingerprint density at radius 1 is 1.30 bits per heavy atom. The van der Waals surface area contributed by atoms with E-state index in [0.717, 1.165) is 30.6 Å². The number of benzene rings is 1. The van der Waals surface area contributed by atoms with Gasteiger partial charge >= 0.3 is 6.03 Å². The van der Waals surface area contributed by atoms with Crippen molar-refractivity contribution in [1.29, 1.82) is 0 Å². The van der Waals surface area contributed by atoms with Gasteiger partial charge in [-0.05, 0) is 57.7 Å². The van der Waals surface area contributed by atoms with E-state index in [1.807, 2.05) is 48.6 Å². The topological polar surface area (TPSA) is 59.4 Å². The highest BCUT2D eigenvalue weighted by Crippen LogP contribution is 2.28. The van der Waals surface area contributed by atoms with Crippen molar-refractivity contribution in [3.05, 3.63) is 47.3 Å². The van der Waals surface area contributed by atoms with Crippen molar-refractivity contribution in [2.24, 2.45) is 0 Å². The smallest absolute Gasteiger partial charge is 0.317 e. The molecule has 2 aromatic rings. The average Bonchev–Trinajstić information content (AvgIpc) is 3.21. The van der Waals surface area contributed by atoms with Crippen LogP contribution in [0.3, 0.4) is 0 Å². The Balaban J connectivity index is 1.48. The quantitative estimate of drug-likeness (QED) is 0.906. The molecule has 4 rings (SSSR count). The molecule has 1 atom stereocenters. The number of carbonyl (C=O) groups excluding carboxylic acids is 1. The number of para-hydroxylation sites is 1. The first-order chi connectivity index (χ1) is 12.9. The van der Waals surface area contributed by atoms with Gasteiger partial charge in [0.25, 0.3) is 0 Å². The van der Waals surface area contributed by atoms with E-state index in [9.17, 15) is 4.79 Å². The van der Waals surface area contributed by atoms with E-state index in [0.29, 0.717) is 19.6 Å². The molecule has 6 nitrogen and oxygen atoms in total. The van der Waals surface area contributed by atoms with E-state index in [1.165, 1.54) is 11.3 Å². The standard InChI is InChI=1S/C21H28N4O2/c1-15-13-24(14-21(2,3)27-15)20(26)22-12-18-17-10-7-11-19(17)25(23-18)16-8-5-4-6-9-16/h4-6,8-9,15H,7,10-14H2,1-3H3,(H,22,26)/t15-/m0/s1. The number of amides is 2.